The van der Waals surface area contributed by atoms with E-state index in [1.807, 2.05) is 6.07 Å². The highest BCUT2D eigenvalue weighted by atomic mass is 35.5. The van der Waals surface area contributed by atoms with Crippen molar-refractivity contribution in [2.45, 2.75) is 31.7 Å². The third kappa shape index (κ3) is 2.27. The Morgan fingerprint density at radius 1 is 1.33 bits per heavy atom. The predicted octanol–water partition coefficient (Wildman–Crippen LogP) is 3.24. The Bertz CT molecular complexity index is 347. The fraction of sp³-hybridized carbons (Fsp3) is 0.500. The second kappa shape index (κ2) is 4.42. The summed E-state index contributed by atoms with van der Waals surface area (Å²) in [4.78, 5) is 0. The monoisotopic (exact) mass is 225 g/mol. The fourth-order valence-corrected chi connectivity index (χ4v) is 2.51. The van der Waals surface area contributed by atoms with Gasteiger partial charge < -0.3 is 10.8 Å². The van der Waals surface area contributed by atoms with Gasteiger partial charge in [-0.15, -0.1) is 0 Å². The molecule has 1 saturated carbocycles. The molecule has 2 nitrogen and oxygen atoms in total. The number of hydrogen-bond acceptors (Lipinski definition) is 2. The lowest BCUT2D eigenvalue weighted by atomic mass is 9.92. The molecule has 2 rings (SSSR count). The molecule has 3 heteroatoms. The van der Waals surface area contributed by atoms with Crippen molar-refractivity contribution in [2.75, 3.05) is 0 Å². The van der Waals surface area contributed by atoms with Crippen LogP contribution in [-0.2, 0) is 0 Å². The molecule has 0 aliphatic heterocycles. The third-order valence-corrected chi connectivity index (χ3v) is 3.57. The summed E-state index contributed by atoms with van der Waals surface area (Å²) in [6.07, 6.45) is 4.98. The topological polar surface area (TPSA) is 46.2 Å². The Morgan fingerprint density at radius 3 is 2.60 bits per heavy atom. The molecule has 82 valence electrons. The van der Waals surface area contributed by atoms with Gasteiger partial charge >= 0.3 is 0 Å². The molecule has 0 aromatic heterocycles. The van der Waals surface area contributed by atoms with Crippen LogP contribution in [0.4, 0.5) is 0 Å². The SMILES string of the molecule is N[C@H](c1ccc(O)c(Cl)c1)C1CCCC1. The van der Waals surface area contributed by atoms with Crippen LogP contribution in [0.3, 0.4) is 0 Å². The first-order valence-corrected chi connectivity index (χ1v) is 5.80. The molecule has 1 atom stereocenters. The minimum Gasteiger partial charge on any atom is -0.506 e. The summed E-state index contributed by atoms with van der Waals surface area (Å²) in [6.45, 7) is 0. The summed E-state index contributed by atoms with van der Waals surface area (Å²) in [5, 5.41) is 9.71. The Labute approximate surface area is 95.1 Å². The number of benzene rings is 1. The zero-order valence-corrected chi connectivity index (χ0v) is 9.37. The molecular formula is C12H16ClNO. The second-order valence-corrected chi connectivity index (χ2v) is 4.69. The molecule has 0 spiro atoms. The van der Waals surface area contributed by atoms with Crippen LogP contribution in [0.2, 0.25) is 5.02 Å². The number of aromatic hydroxyl groups is 1. The lowest BCUT2D eigenvalue weighted by Gasteiger charge is -2.19. The van der Waals surface area contributed by atoms with Crippen LogP contribution >= 0.6 is 11.6 Å². The van der Waals surface area contributed by atoms with Crippen molar-refractivity contribution in [3.8, 4) is 5.75 Å². The largest absolute Gasteiger partial charge is 0.506 e. The molecule has 0 radical (unpaired) electrons. The maximum absolute atomic E-state index is 9.32. The van der Waals surface area contributed by atoms with Gasteiger partial charge in [0.2, 0.25) is 0 Å². The molecule has 1 fully saturated rings. The van der Waals surface area contributed by atoms with Gasteiger partial charge in [0.05, 0.1) is 5.02 Å². The average molecular weight is 226 g/mol. The molecular weight excluding hydrogens is 210 g/mol. The molecule has 1 aliphatic rings. The Balaban J connectivity index is 2.17. The molecule has 1 aromatic rings. The van der Waals surface area contributed by atoms with Crippen LogP contribution < -0.4 is 5.73 Å². The molecule has 3 N–H and O–H groups in total. The summed E-state index contributed by atoms with van der Waals surface area (Å²) < 4.78 is 0. The maximum atomic E-state index is 9.32. The summed E-state index contributed by atoms with van der Waals surface area (Å²) >= 11 is 5.86. The van der Waals surface area contributed by atoms with E-state index in [1.54, 1.807) is 12.1 Å². The number of hydrogen-bond donors (Lipinski definition) is 2. The number of rotatable bonds is 2. The molecule has 0 amide bonds. The van der Waals surface area contributed by atoms with E-state index < -0.39 is 0 Å². The number of halogens is 1. The van der Waals surface area contributed by atoms with Crippen molar-refractivity contribution < 1.29 is 5.11 Å². The first-order valence-electron chi connectivity index (χ1n) is 5.42. The van der Waals surface area contributed by atoms with Crippen molar-refractivity contribution in [2.24, 2.45) is 11.7 Å². The number of phenols is 1. The lowest BCUT2D eigenvalue weighted by molar-refractivity contribution is 0.443. The number of phenolic OH excluding ortho intramolecular Hbond substituents is 1. The minimum absolute atomic E-state index is 0.0607. The number of nitrogens with two attached hydrogens (primary N) is 1. The molecule has 15 heavy (non-hydrogen) atoms. The van der Waals surface area contributed by atoms with E-state index in [1.165, 1.54) is 25.7 Å². The van der Waals surface area contributed by atoms with Gasteiger partial charge in [0.15, 0.2) is 0 Å². The van der Waals surface area contributed by atoms with Crippen molar-refractivity contribution in [1.82, 2.24) is 0 Å². The molecule has 1 aliphatic carbocycles. The highest BCUT2D eigenvalue weighted by molar-refractivity contribution is 6.32. The normalized spacial score (nSPS) is 19.3. The first-order chi connectivity index (χ1) is 7.18. The highest BCUT2D eigenvalue weighted by Gasteiger charge is 2.23. The second-order valence-electron chi connectivity index (χ2n) is 4.28. The first kappa shape index (κ1) is 10.8. The van der Waals surface area contributed by atoms with Crippen LogP contribution in [0, 0.1) is 5.92 Å². The van der Waals surface area contributed by atoms with Crippen LogP contribution in [0.25, 0.3) is 0 Å². The lowest BCUT2D eigenvalue weighted by Crippen LogP contribution is -2.18. The van der Waals surface area contributed by atoms with Crippen molar-refractivity contribution in [1.29, 1.82) is 0 Å². The van der Waals surface area contributed by atoms with Crippen LogP contribution in [-0.4, -0.2) is 5.11 Å². The summed E-state index contributed by atoms with van der Waals surface area (Å²) in [5.41, 5.74) is 7.21. The molecule has 0 unspecified atom stereocenters. The van der Waals surface area contributed by atoms with Gasteiger partial charge in [-0.3, -0.25) is 0 Å². The van der Waals surface area contributed by atoms with Crippen molar-refractivity contribution in [3.05, 3.63) is 28.8 Å². The minimum atomic E-state index is 0.0607. The van der Waals surface area contributed by atoms with E-state index in [0.717, 1.165) is 5.56 Å². The van der Waals surface area contributed by atoms with Gasteiger partial charge in [0.1, 0.15) is 5.75 Å². The van der Waals surface area contributed by atoms with E-state index in [9.17, 15) is 5.11 Å². The van der Waals surface area contributed by atoms with Gasteiger partial charge in [-0.2, -0.15) is 0 Å². The summed E-state index contributed by atoms with van der Waals surface area (Å²) in [5.74, 6) is 0.699. The molecule has 0 bridgehead atoms. The van der Waals surface area contributed by atoms with E-state index in [0.29, 0.717) is 10.9 Å². The van der Waals surface area contributed by atoms with Crippen LogP contribution in [0.1, 0.15) is 37.3 Å². The average Bonchev–Trinajstić information content (AvgIpc) is 2.74. The Morgan fingerprint density at radius 2 is 2.00 bits per heavy atom. The maximum Gasteiger partial charge on any atom is 0.134 e. The van der Waals surface area contributed by atoms with E-state index in [4.69, 9.17) is 17.3 Å². The Kier molecular flexibility index (Phi) is 3.17. The van der Waals surface area contributed by atoms with Crippen LogP contribution in [0.5, 0.6) is 5.75 Å². The zero-order chi connectivity index (χ0) is 10.8. The van der Waals surface area contributed by atoms with Crippen LogP contribution in [0.15, 0.2) is 18.2 Å². The standard InChI is InChI=1S/C12H16ClNO/c13-10-7-9(5-6-11(10)15)12(14)8-3-1-2-4-8/h5-8,12,15H,1-4,14H2/t12-/m0/s1. The zero-order valence-electron chi connectivity index (χ0n) is 8.62. The highest BCUT2D eigenvalue weighted by Crippen LogP contribution is 2.36. The van der Waals surface area contributed by atoms with Gasteiger partial charge in [0, 0.05) is 6.04 Å². The Hall–Kier alpha value is -0.730. The van der Waals surface area contributed by atoms with Crippen molar-refractivity contribution >= 4 is 11.6 Å². The van der Waals surface area contributed by atoms with Gasteiger partial charge in [-0.25, -0.2) is 0 Å². The van der Waals surface area contributed by atoms with E-state index in [-0.39, 0.29) is 11.8 Å². The summed E-state index contributed by atoms with van der Waals surface area (Å²) in [6, 6.07) is 5.32. The smallest absolute Gasteiger partial charge is 0.134 e. The molecule has 0 saturated heterocycles. The summed E-state index contributed by atoms with van der Waals surface area (Å²) in [7, 11) is 0. The predicted molar refractivity (Wildman–Crippen MR) is 62.0 cm³/mol. The van der Waals surface area contributed by atoms with Gasteiger partial charge in [0.25, 0.3) is 0 Å². The van der Waals surface area contributed by atoms with E-state index >= 15 is 0 Å². The third-order valence-electron chi connectivity index (χ3n) is 3.26. The molecule has 1 aromatic carbocycles. The quantitative estimate of drug-likeness (QED) is 0.812. The molecule has 0 heterocycles. The van der Waals surface area contributed by atoms with E-state index in [2.05, 4.69) is 0 Å². The fourth-order valence-electron chi connectivity index (χ4n) is 2.32. The van der Waals surface area contributed by atoms with Crippen molar-refractivity contribution in [3.63, 3.8) is 0 Å². The van der Waals surface area contributed by atoms with Gasteiger partial charge in [-0.05, 0) is 36.5 Å². The van der Waals surface area contributed by atoms with Gasteiger partial charge in [-0.1, -0.05) is 30.5 Å².